The quantitative estimate of drug-likeness (QED) is 0.908. The Balaban J connectivity index is 2.20. The maximum absolute atomic E-state index is 12.6. The van der Waals surface area contributed by atoms with Gasteiger partial charge in [-0.2, -0.15) is 0 Å². The van der Waals surface area contributed by atoms with Crippen molar-refractivity contribution in [2.45, 2.75) is 26.3 Å². The van der Waals surface area contributed by atoms with Gasteiger partial charge in [-0.3, -0.25) is 4.79 Å². The molecule has 1 atom stereocenters. The molecule has 1 saturated heterocycles. The van der Waals surface area contributed by atoms with E-state index >= 15 is 0 Å². The van der Waals surface area contributed by atoms with E-state index in [1.807, 2.05) is 31.0 Å². The van der Waals surface area contributed by atoms with Crippen molar-refractivity contribution < 1.29 is 4.79 Å². The summed E-state index contributed by atoms with van der Waals surface area (Å²) >= 11 is 0. The van der Waals surface area contributed by atoms with Crippen LogP contribution in [0.3, 0.4) is 0 Å². The molecule has 2 rings (SSSR count). The van der Waals surface area contributed by atoms with Crippen LogP contribution in [0, 0.1) is 0 Å². The van der Waals surface area contributed by atoms with Gasteiger partial charge in [0.05, 0.1) is 0 Å². The van der Waals surface area contributed by atoms with Crippen LogP contribution in [0.4, 0.5) is 5.82 Å². The van der Waals surface area contributed by atoms with E-state index in [9.17, 15) is 4.79 Å². The first-order valence-electron chi connectivity index (χ1n) is 7.23. The highest BCUT2D eigenvalue weighted by Gasteiger charge is 2.25. The number of piperazine rings is 1. The molecule has 1 aromatic heterocycles. The molecule has 2 heterocycles. The third kappa shape index (κ3) is 3.10. The zero-order valence-corrected chi connectivity index (χ0v) is 12.8. The molecule has 1 aliphatic heterocycles. The number of pyridine rings is 1. The van der Waals surface area contributed by atoms with Crippen molar-refractivity contribution in [2.24, 2.45) is 0 Å². The standard InChI is InChI=1S/C15H24N4O/c1-5-13-8-12(9-14(16-3)17-13)15(20)19-7-6-18(4)11(2)10-19/h8-9,11H,5-7,10H2,1-4H3,(H,16,17). The van der Waals surface area contributed by atoms with E-state index in [0.717, 1.165) is 43.1 Å². The van der Waals surface area contributed by atoms with Crippen molar-refractivity contribution in [2.75, 3.05) is 39.0 Å². The van der Waals surface area contributed by atoms with Crippen LogP contribution in [0.2, 0.25) is 0 Å². The number of amides is 1. The number of hydrogen-bond acceptors (Lipinski definition) is 4. The SMILES string of the molecule is CCc1cc(C(=O)N2CCN(C)C(C)C2)cc(NC)n1. The molecule has 5 nitrogen and oxygen atoms in total. The lowest BCUT2D eigenvalue weighted by Gasteiger charge is -2.37. The van der Waals surface area contributed by atoms with Gasteiger partial charge in [-0.05, 0) is 32.5 Å². The summed E-state index contributed by atoms with van der Waals surface area (Å²) < 4.78 is 0. The Bertz CT molecular complexity index is 467. The van der Waals surface area contributed by atoms with Crippen molar-refractivity contribution >= 4 is 11.7 Å². The molecule has 0 aromatic carbocycles. The maximum Gasteiger partial charge on any atom is 0.254 e. The van der Waals surface area contributed by atoms with Crippen molar-refractivity contribution in [3.8, 4) is 0 Å². The molecule has 0 spiro atoms. The predicted molar refractivity (Wildman–Crippen MR) is 81.2 cm³/mol. The van der Waals surface area contributed by atoms with Crippen LogP contribution in [0.5, 0.6) is 0 Å². The summed E-state index contributed by atoms with van der Waals surface area (Å²) in [5, 5.41) is 3.03. The molecule has 0 saturated carbocycles. The fraction of sp³-hybridized carbons (Fsp3) is 0.600. The highest BCUT2D eigenvalue weighted by Crippen LogP contribution is 2.16. The van der Waals surface area contributed by atoms with Gasteiger partial charge in [0.15, 0.2) is 0 Å². The summed E-state index contributed by atoms with van der Waals surface area (Å²) in [6.07, 6.45) is 0.828. The van der Waals surface area contributed by atoms with Crippen molar-refractivity contribution in [1.82, 2.24) is 14.8 Å². The first-order valence-corrected chi connectivity index (χ1v) is 7.23. The molecule has 5 heteroatoms. The summed E-state index contributed by atoms with van der Waals surface area (Å²) in [6, 6.07) is 4.15. The lowest BCUT2D eigenvalue weighted by molar-refractivity contribution is 0.0572. The second-order valence-corrected chi connectivity index (χ2v) is 5.42. The Labute approximate surface area is 121 Å². The second kappa shape index (κ2) is 6.22. The first kappa shape index (κ1) is 14.8. The van der Waals surface area contributed by atoms with Crippen LogP contribution >= 0.6 is 0 Å². The van der Waals surface area contributed by atoms with Gasteiger partial charge < -0.3 is 15.1 Å². The van der Waals surface area contributed by atoms with Crippen LogP contribution in [0.25, 0.3) is 0 Å². The van der Waals surface area contributed by atoms with Crippen molar-refractivity contribution in [1.29, 1.82) is 0 Å². The number of nitrogens with one attached hydrogen (secondary N) is 1. The maximum atomic E-state index is 12.6. The molecule has 1 aliphatic rings. The summed E-state index contributed by atoms with van der Waals surface area (Å²) in [6.45, 7) is 6.71. The van der Waals surface area contributed by atoms with Crippen LogP contribution in [0.15, 0.2) is 12.1 Å². The average Bonchev–Trinajstić information content (AvgIpc) is 2.48. The number of anilines is 1. The molecule has 0 aliphatic carbocycles. The fourth-order valence-corrected chi connectivity index (χ4v) is 2.44. The smallest absolute Gasteiger partial charge is 0.254 e. The Morgan fingerprint density at radius 3 is 2.80 bits per heavy atom. The van der Waals surface area contributed by atoms with Gasteiger partial charge in [-0.25, -0.2) is 4.98 Å². The summed E-state index contributed by atoms with van der Waals surface area (Å²) in [7, 11) is 3.93. The Hall–Kier alpha value is -1.62. The van der Waals surface area contributed by atoms with Crippen LogP contribution in [-0.4, -0.2) is 60.5 Å². The van der Waals surface area contributed by atoms with Crippen molar-refractivity contribution in [3.05, 3.63) is 23.4 Å². The third-order valence-electron chi connectivity index (χ3n) is 3.99. The molecule has 1 aromatic rings. The molecule has 0 bridgehead atoms. The lowest BCUT2D eigenvalue weighted by atomic mass is 10.1. The van der Waals surface area contributed by atoms with Gasteiger partial charge in [0.1, 0.15) is 5.82 Å². The number of carbonyl (C=O) groups is 1. The minimum atomic E-state index is 0.110. The molecule has 20 heavy (non-hydrogen) atoms. The van der Waals surface area contributed by atoms with Gasteiger partial charge >= 0.3 is 0 Å². The van der Waals surface area contributed by atoms with E-state index in [1.54, 1.807) is 0 Å². The van der Waals surface area contributed by atoms with Gasteiger partial charge in [0.2, 0.25) is 0 Å². The zero-order valence-electron chi connectivity index (χ0n) is 12.8. The monoisotopic (exact) mass is 276 g/mol. The minimum Gasteiger partial charge on any atom is -0.373 e. The normalized spacial score (nSPS) is 20.0. The highest BCUT2D eigenvalue weighted by molar-refractivity contribution is 5.95. The van der Waals surface area contributed by atoms with E-state index in [1.165, 1.54) is 0 Å². The molecule has 1 N–H and O–H groups in total. The van der Waals surface area contributed by atoms with Crippen LogP contribution < -0.4 is 5.32 Å². The number of nitrogens with zero attached hydrogens (tertiary/aromatic N) is 3. The molecule has 1 amide bonds. The second-order valence-electron chi connectivity index (χ2n) is 5.42. The predicted octanol–water partition coefficient (Wildman–Crippen LogP) is 1.46. The summed E-state index contributed by atoms with van der Waals surface area (Å²) in [5.41, 5.74) is 1.68. The van der Waals surface area contributed by atoms with E-state index < -0.39 is 0 Å². The van der Waals surface area contributed by atoms with E-state index in [4.69, 9.17) is 0 Å². The molecule has 1 fully saturated rings. The first-order chi connectivity index (χ1) is 9.55. The molecule has 0 radical (unpaired) electrons. The molecular formula is C15H24N4O. The number of aryl methyl sites for hydroxylation is 1. The Kier molecular flexibility index (Phi) is 4.60. The van der Waals surface area contributed by atoms with Gasteiger partial charge in [-0.15, -0.1) is 0 Å². The topological polar surface area (TPSA) is 48.5 Å². The highest BCUT2D eigenvalue weighted by atomic mass is 16.2. The number of rotatable bonds is 3. The van der Waals surface area contributed by atoms with E-state index in [-0.39, 0.29) is 5.91 Å². The molecular weight excluding hydrogens is 252 g/mol. The fourth-order valence-electron chi connectivity index (χ4n) is 2.44. The van der Waals surface area contributed by atoms with Crippen LogP contribution in [0.1, 0.15) is 29.9 Å². The van der Waals surface area contributed by atoms with E-state index in [2.05, 4.69) is 29.2 Å². The Morgan fingerprint density at radius 1 is 1.45 bits per heavy atom. The minimum absolute atomic E-state index is 0.110. The lowest BCUT2D eigenvalue weighted by Crippen LogP contribution is -2.52. The zero-order chi connectivity index (χ0) is 14.7. The van der Waals surface area contributed by atoms with Crippen molar-refractivity contribution in [3.63, 3.8) is 0 Å². The van der Waals surface area contributed by atoms with Gasteiger partial charge in [-0.1, -0.05) is 6.92 Å². The van der Waals surface area contributed by atoms with E-state index in [0.29, 0.717) is 6.04 Å². The average molecular weight is 276 g/mol. The number of aromatic nitrogens is 1. The number of hydrogen-bond donors (Lipinski definition) is 1. The van der Waals surface area contributed by atoms with Gasteiger partial charge in [0.25, 0.3) is 5.91 Å². The molecule has 1 unspecified atom stereocenters. The third-order valence-corrected chi connectivity index (χ3v) is 3.99. The number of carbonyl (C=O) groups excluding carboxylic acids is 1. The van der Waals surface area contributed by atoms with Gasteiger partial charge in [0, 0.05) is 44.0 Å². The summed E-state index contributed by atoms with van der Waals surface area (Å²) in [4.78, 5) is 21.3. The largest absolute Gasteiger partial charge is 0.373 e. The number of likely N-dealkylation sites (N-methyl/N-ethyl adjacent to an activating group) is 1. The summed E-state index contributed by atoms with van der Waals surface area (Å²) in [5.74, 6) is 0.869. The molecule has 110 valence electrons. The Morgan fingerprint density at radius 2 is 2.20 bits per heavy atom. The van der Waals surface area contributed by atoms with Crippen LogP contribution in [-0.2, 0) is 6.42 Å².